The van der Waals surface area contributed by atoms with Crippen LogP contribution < -0.4 is 15.2 Å². The summed E-state index contributed by atoms with van der Waals surface area (Å²) in [5, 5.41) is 11.3. The molecule has 26 heavy (non-hydrogen) atoms. The van der Waals surface area contributed by atoms with Crippen molar-refractivity contribution in [3.8, 4) is 5.75 Å². The lowest BCUT2D eigenvalue weighted by Gasteiger charge is -2.26. The molecule has 1 aliphatic carbocycles. The van der Waals surface area contributed by atoms with Crippen LogP contribution >= 0.6 is 0 Å². The fourth-order valence-electron chi connectivity index (χ4n) is 3.20. The molecule has 0 bridgehead atoms. The van der Waals surface area contributed by atoms with E-state index in [9.17, 15) is 18.5 Å². The minimum Gasteiger partial charge on any atom is -0.497 e. The maximum atomic E-state index is 12.8. The molecule has 8 nitrogen and oxygen atoms in total. The normalized spacial score (nSPS) is 16.7. The topological polar surface area (TPSA) is 125 Å². The molecule has 0 saturated carbocycles. The van der Waals surface area contributed by atoms with E-state index in [-0.39, 0.29) is 10.6 Å². The van der Waals surface area contributed by atoms with Gasteiger partial charge in [0.1, 0.15) is 5.75 Å². The number of nitrogens with zero attached hydrogens (tertiary/aromatic N) is 1. The number of rotatable bonds is 5. The van der Waals surface area contributed by atoms with Gasteiger partial charge in [0.25, 0.3) is 5.69 Å². The van der Waals surface area contributed by atoms with Crippen LogP contribution in [-0.4, -0.2) is 20.5 Å². The lowest BCUT2D eigenvalue weighted by atomic mass is 9.88. The number of anilines is 1. The Labute approximate surface area is 151 Å². The molecule has 0 fully saturated rings. The van der Waals surface area contributed by atoms with Crippen molar-refractivity contribution in [3.05, 3.63) is 57.6 Å². The summed E-state index contributed by atoms with van der Waals surface area (Å²) in [6.45, 7) is 0. The van der Waals surface area contributed by atoms with Gasteiger partial charge < -0.3 is 10.5 Å². The van der Waals surface area contributed by atoms with Crippen molar-refractivity contribution in [2.24, 2.45) is 0 Å². The summed E-state index contributed by atoms with van der Waals surface area (Å²) >= 11 is 0. The minimum absolute atomic E-state index is 0.217. The van der Waals surface area contributed by atoms with Crippen molar-refractivity contribution in [2.45, 2.75) is 30.2 Å². The van der Waals surface area contributed by atoms with Crippen LogP contribution in [0, 0.1) is 10.1 Å². The van der Waals surface area contributed by atoms with Crippen LogP contribution in [0.5, 0.6) is 5.75 Å². The highest BCUT2D eigenvalue weighted by Crippen LogP contribution is 2.34. The first-order valence-electron chi connectivity index (χ1n) is 8.05. The molecule has 138 valence electrons. The third kappa shape index (κ3) is 3.49. The van der Waals surface area contributed by atoms with Gasteiger partial charge in [0.15, 0.2) is 4.90 Å². The second-order valence-corrected chi connectivity index (χ2v) is 7.80. The van der Waals surface area contributed by atoms with E-state index in [1.165, 1.54) is 19.2 Å². The number of nitrogen functional groups attached to an aromatic ring is 1. The fraction of sp³-hybridized carbons (Fsp3) is 0.294. The highest BCUT2D eigenvalue weighted by molar-refractivity contribution is 7.89. The Bertz CT molecular complexity index is 959. The molecule has 2 aromatic rings. The van der Waals surface area contributed by atoms with Crippen molar-refractivity contribution >= 4 is 21.4 Å². The van der Waals surface area contributed by atoms with Gasteiger partial charge in [-0.05, 0) is 54.7 Å². The summed E-state index contributed by atoms with van der Waals surface area (Å²) in [5.74, 6) is 0.217. The van der Waals surface area contributed by atoms with Crippen molar-refractivity contribution in [1.82, 2.24) is 4.72 Å². The number of nitrogens with one attached hydrogen (secondary N) is 1. The molecule has 3 N–H and O–H groups in total. The molecule has 9 heteroatoms. The average molecular weight is 377 g/mol. The number of sulfonamides is 1. The second-order valence-electron chi connectivity index (χ2n) is 6.12. The van der Waals surface area contributed by atoms with Gasteiger partial charge >= 0.3 is 0 Å². The van der Waals surface area contributed by atoms with Gasteiger partial charge in [0.2, 0.25) is 10.0 Å². The SMILES string of the molecule is COc1ccc(S(=O)(=O)NC2CCCc3cc(N)ccc32)c([N+](=O)[O-])c1. The number of hydrogen-bond donors (Lipinski definition) is 2. The van der Waals surface area contributed by atoms with E-state index in [0.717, 1.165) is 30.0 Å². The molecule has 1 aliphatic rings. The molecule has 2 aromatic carbocycles. The molecule has 1 atom stereocenters. The van der Waals surface area contributed by atoms with Gasteiger partial charge in [-0.2, -0.15) is 0 Å². The third-order valence-electron chi connectivity index (χ3n) is 4.43. The van der Waals surface area contributed by atoms with E-state index in [2.05, 4.69) is 4.72 Å². The quantitative estimate of drug-likeness (QED) is 0.469. The Hall–Kier alpha value is -2.65. The molecule has 0 aromatic heterocycles. The van der Waals surface area contributed by atoms with Gasteiger partial charge in [-0.1, -0.05) is 6.07 Å². The van der Waals surface area contributed by atoms with E-state index in [1.807, 2.05) is 6.07 Å². The number of aryl methyl sites for hydroxylation is 1. The van der Waals surface area contributed by atoms with E-state index in [0.29, 0.717) is 12.1 Å². The van der Waals surface area contributed by atoms with Crippen molar-refractivity contribution in [2.75, 3.05) is 12.8 Å². The molecule has 0 heterocycles. The molecule has 3 rings (SSSR count). The van der Waals surface area contributed by atoms with Gasteiger partial charge in [0.05, 0.1) is 18.1 Å². The molecule has 1 unspecified atom stereocenters. The second kappa shape index (κ2) is 6.93. The summed E-state index contributed by atoms with van der Waals surface area (Å²) in [4.78, 5) is 10.2. The average Bonchev–Trinajstić information content (AvgIpc) is 2.60. The van der Waals surface area contributed by atoms with Crippen LogP contribution in [0.1, 0.15) is 30.0 Å². The lowest BCUT2D eigenvalue weighted by Crippen LogP contribution is -2.31. The Morgan fingerprint density at radius 3 is 2.73 bits per heavy atom. The number of nitrogens with two attached hydrogens (primary N) is 1. The molecule has 0 aliphatic heterocycles. The van der Waals surface area contributed by atoms with Gasteiger partial charge in [-0.15, -0.1) is 0 Å². The van der Waals surface area contributed by atoms with E-state index in [4.69, 9.17) is 10.5 Å². The smallest absolute Gasteiger partial charge is 0.293 e. The van der Waals surface area contributed by atoms with Crippen LogP contribution in [0.25, 0.3) is 0 Å². The maximum Gasteiger partial charge on any atom is 0.293 e. The third-order valence-corrected chi connectivity index (χ3v) is 5.95. The molecule has 0 amide bonds. The number of nitro groups is 1. The Morgan fingerprint density at radius 2 is 2.04 bits per heavy atom. The molecular formula is C17H19N3O5S. The van der Waals surface area contributed by atoms with Gasteiger partial charge in [-0.3, -0.25) is 10.1 Å². The number of nitro benzene ring substituents is 1. The number of benzene rings is 2. The first kappa shape index (κ1) is 18.2. The van der Waals surface area contributed by atoms with Crippen LogP contribution in [0.2, 0.25) is 0 Å². The Balaban J connectivity index is 1.98. The van der Waals surface area contributed by atoms with E-state index < -0.39 is 26.7 Å². The van der Waals surface area contributed by atoms with E-state index >= 15 is 0 Å². The van der Waals surface area contributed by atoms with Crippen molar-refractivity contribution < 1.29 is 18.1 Å². The first-order chi connectivity index (χ1) is 12.3. The molecular weight excluding hydrogens is 358 g/mol. The highest BCUT2D eigenvalue weighted by Gasteiger charge is 2.31. The Morgan fingerprint density at radius 1 is 1.27 bits per heavy atom. The van der Waals surface area contributed by atoms with Gasteiger partial charge in [0, 0.05) is 11.7 Å². The van der Waals surface area contributed by atoms with Crippen LogP contribution in [0.3, 0.4) is 0 Å². The molecule has 0 saturated heterocycles. The van der Waals surface area contributed by atoms with Crippen molar-refractivity contribution in [3.63, 3.8) is 0 Å². The Kier molecular flexibility index (Phi) is 4.84. The molecule has 0 spiro atoms. The van der Waals surface area contributed by atoms with Crippen molar-refractivity contribution in [1.29, 1.82) is 0 Å². The van der Waals surface area contributed by atoms with Crippen LogP contribution in [-0.2, 0) is 16.4 Å². The van der Waals surface area contributed by atoms with Crippen LogP contribution in [0.15, 0.2) is 41.3 Å². The number of hydrogen-bond acceptors (Lipinski definition) is 6. The predicted molar refractivity (Wildman–Crippen MR) is 96.5 cm³/mol. The zero-order chi connectivity index (χ0) is 18.9. The minimum atomic E-state index is -4.09. The number of fused-ring (bicyclic) bond motifs is 1. The fourth-order valence-corrected chi connectivity index (χ4v) is 4.60. The summed E-state index contributed by atoms with van der Waals surface area (Å²) in [5.41, 5.74) is 7.75. The zero-order valence-corrected chi connectivity index (χ0v) is 15.0. The monoisotopic (exact) mass is 377 g/mol. The number of ether oxygens (including phenoxy) is 1. The first-order valence-corrected chi connectivity index (χ1v) is 9.53. The maximum absolute atomic E-state index is 12.8. The summed E-state index contributed by atoms with van der Waals surface area (Å²) < 4.78 is 33.2. The largest absolute Gasteiger partial charge is 0.497 e. The zero-order valence-electron chi connectivity index (χ0n) is 14.1. The summed E-state index contributed by atoms with van der Waals surface area (Å²) in [7, 11) is -2.73. The molecule has 0 radical (unpaired) electrons. The van der Waals surface area contributed by atoms with Crippen LogP contribution in [0.4, 0.5) is 11.4 Å². The lowest BCUT2D eigenvalue weighted by molar-refractivity contribution is -0.387. The predicted octanol–water partition coefficient (Wildman–Crippen LogP) is 2.54. The highest BCUT2D eigenvalue weighted by atomic mass is 32.2. The van der Waals surface area contributed by atoms with E-state index in [1.54, 1.807) is 12.1 Å². The summed E-state index contributed by atoms with van der Waals surface area (Å²) in [6.07, 6.45) is 2.23. The number of methoxy groups -OCH3 is 1. The summed E-state index contributed by atoms with van der Waals surface area (Å²) in [6, 6.07) is 8.59. The standard InChI is InChI=1S/C17H19N3O5S/c1-25-13-6-8-17(16(10-13)20(21)22)26(23,24)19-15-4-2-3-11-9-12(18)5-7-14(11)15/h5-10,15,19H,2-4,18H2,1H3. The van der Waals surface area contributed by atoms with Gasteiger partial charge in [-0.25, -0.2) is 13.1 Å².